The van der Waals surface area contributed by atoms with E-state index in [9.17, 15) is 14.7 Å². The molecule has 3 aromatic heterocycles. The fraction of sp³-hybridized carbons (Fsp3) is 0.400. The van der Waals surface area contributed by atoms with Crippen molar-refractivity contribution in [1.82, 2.24) is 15.0 Å². The summed E-state index contributed by atoms with van der Waals surface area (Å²) in [4.78, 5) is 31.0. The minimum absolute atomic E-state index is 0.250. The van der Waals surface area contributed by atoms with Gasteiger partial charge >= 0.3 is 5.97 Å². The lowest BCUT2D eigenvalue weighted by Gasteiger charge is -2.33. The average molecular weight is 383 g/mol. The number of rotatable bonds is 3. The highest BCUT2D eigenvalue weighted by Gasteiger charge is 2.34. The van der Waals surface area contributed by atoms with Gasteiger partial charge in [-0.1, -0.05) is 5.16 Å². The van der Waals surface area contributed by atoms with Crippen molar-refractivity contribution in [3.05, 3.63) is 34.9 Å². The SMILES string of the molecule is Cc1cc(-c2cc(C(=O)N3CCCC[C@@H]3C(=O)O)c3c(C)noc3n2)c(C)o1. The summed E-state index contributed by atoms with van der Waals surface area (Å²) in [5.41, 5.74) is 2.44. The van der Waals surface area contributed by atoms with Crippen LogP contribution in [0.15, 0.2) is 21.1 Å². The van der Waals surface area contributed by atoms with Gasteiger partial charge < -0.3 is 18.9 Å². The van der Waals surface area contributed by atoms with Crippen molar-refractivity contribution in [2.24, 2.45) is 0 Å². The number of carboxylic acid groups (broad SMARTS) is 1. The first kappa shape index (κ1) is 18.2. The number of aryl methyl sites for hydroxylation is 3. The highest BCUT2D eigenvalue weighted by molar-refractivity contribution is 6.08. The van der Waals surface area contributed by atoms with Crippen molar-refractivity contribution in [1.29, 1.82) is 0 Å². The topological polar surface area (TPSA) is 110 Å². The van der Waals surface area contributed by atoms with E-state index in [-0.39, 0.29) is 11.6 Å². The fourth-order valence-corrected chi connectivity index (χ4v) is 3.87. The zero-order valence-electron chi connectivity index (χ0n) is 16.0. The second-order valence-electron chi connectivity index (χ2n) is 7.18. The predicted molar refractivity (Wildman–Crippen MR) is 100 cm³/mol. The van der Waals surface area contributed by atoms with Gasteiger partial charge in [-0.25, -0.2) is 9.78 Å². The van der Waals surface area contributed by atoms with Gasteiger partial charge in [0.05, 0.1) is 22.3 Å². The Labute approximate surface area is 161 Å². The number of pyridine rings is 1. The highest BCUT2D eigenvalue weighted by Crippen LogP contribution is 2.32. The molecule has 0 bridgehead atoms. The zero-order valence-corrected chi connectivity index (χ0v) is 16.0. The number of aromatic nitrogens is 2. The first-order chi connectivity index (χ1) is 13.4. The smallest absolute Gasteiger partial charge is 0.326 e. The number of carbonyl (C=O) groups is 2. The number of aliphatic carboxylic acids is 1. The standard InChI is InChI=1S/C20H21N3O5/c1-10-8-13(12(3)27-10)15-9-14(17-11(2)22-28-18(17)21-15)19(24)23-7-5-4-6-16(23)20(25)26/h8-9,16H,4-7H2,1-3H3,(H,25,26)/t16-/m1/s1. The van der Waals surface area contributed by atoms with Gasteiger partial charge in [0.2, 0.25) is 0 Å². The summed E-state index contributed by atoms with van der Waals surface area (Å²) in [5, 5.41) is 14.0. The van der Waals surface area contributed by atoms with Gasteiger partial charge in [-0.3, -0.25) is 4.79 Å². The summed E-state index contributed by atoms with van der Waals surface area (Å²) in [7, 11) is 0. The van der Waals surface area contributed by atoms with Gasteiger partial charge in [0.25, 0.3) is 11.6 Å². The first-order valence-electron chi connectivity index (χ1n) is 9.25. The molecule has 4 rings (SSSR count). The van der Waals surface area contributed by atoms with E-state index in [1.807, 2.05) is 19.9 Å². The van der Waals surface area contributed by atoms with Crippen LogP contribution in [0.2, 0.25) is 0 Å². The third-order valence-electron chi connectivity index (χ3n) is 5.21. The molecule has 0 radical (unpaired) electrons. The Hall–Kier alpha value is -3.16. The second kappa shape index (κ2) is 6.78. The number of furan rings is 1. The molecule has 146 valence electrons. The maximum absolute atomic E-state index is 13.4. The van der Waals surface area contributed by atoms with E-state index in [4.69, 9.17) is 8.94 Å². The Morgan fingerprint density at radius 1 is 1.21 bits per heavy atom. The number of likely N-dealkylation sites (tertiary alicyclic amines) is 1. The minimum Gasteiger partial charge on any atom is -0.480 e. The van der Waals surface area contributed by atoms with E-state index < -0.39 is 12.0 Å². The van der Waals surface area contributed by atoms with Crippen LogP contribution >= 0.6 is 0 Å². The van der Waals surface area contributed by atoms with E-state index >= 15 is 0 Å². The van der Waals surface area contributed by atoms with Crippen LogP contribution in [0.25, 0.3) is 22.4 Å². The maximum Gasteiger partial charge on any atom is 0.326 e. The molecule has 1 aliphatic rings. The normalized spacial score (nSPS) is 17.2. The monoisotopic (exact) mass is 383 g/mol. The van der Waals surface area contributed by atoms with E-state index in [1.54, 1.807) is 13.0 Å². The molecule has 0 aromatic carbocycles. The third-order valence-corrected chi connectivity index (χ3v) is 5.21. The maximum atomic E-state index is 13.4. The number of amides is 1. The largest absolute Gasteiger partial charge is 0.480 e. The summed E-state index contributed by atoms with van der Waals surface area (Å²) in [6.45, 7) is 5.81. The number of hydrogen-bond acceptors (Lipinski definition) is 6. The van der Waals surface area contributed by atoms with Crippen molar-refractivity contribution in [2.75, 3.05) is 6.54 Å². The lowest BCUT2D eigenvalue weighted by atomic mass is 9.99. The third kappa shape index (κ3) is 2.94. The van der Waals surface area contributed by atoms with Crippen molar-refractivity contribution in [3.8, 4) is 11.3 Å². The number of nitrogens with zero attached hydrogens (tertiary/aromatic N) is 3. The summed E-state index contributed by atoms with van der Waals surface area (Å²) >= 11 is 0. The molecule has 1 aliphatic heterocycles. The molecule has 0 spiro atoms. The number of carboxylic acids is 1. The molecule has 1 N–H and O–H groups in total. The van der Waals surface area contributed by atoms with Crippen LogP contribution in [0.1, 0.15) is 46.8 Å². The van der Waals surface area contributed by atoms with E-state index in [0.717, 1.165) is 24.2 Å². The highest BCUT2D eigenvalue weighted by atomic mass is 16.5. The number of hydrogen-bond donors (Lipinski definition) is 1. The molecule has 1 atom stereocenters. The van der Waals surface area contributed by atoms with Crippen LogP contribution in [0.3, 0.4) is 0 Å². The van der Waals surface area contributed by atoms with Gasteiger partial charge in [0.15, 0.2) is 0 Å². The summed E-state index contributed by atoms with van der Waals surface area (Å²) in [5.74, 6) is 0.0882. The number of piperidine rings is 1. The number of carbonyl (C=O) groups excluding carboxylic acids is 1. The molecule has 4 heterocycles. The Morgan fingerprint density at radius 3 is 2.68 bits per heavy atom. The number of fused-ring (bicyclic) bond motifs is 1. The van der Waals surface area contributed by atoms with Crippen LogP contribution in [0.5, 0.6) is 0 Å². The molecule has 0 saturated carbocycles. The van der Waals surface area contributed by atoms with Crippen molar-refractivity contribution in [3.63, 3.8) is 0 Å². The molecule has 8 nitrogen and oxygen atoms in total. The van der Waals surface area contributed by atoms with Crippen LogP contribution in [0.4, 0.5) is 0 Å². The first-order valence-corrected chi connectivity index (χ1v) is 9.25. The summed E-state index contributed by atoms with van der Waals surface area (Å²) in [6, 6.07) is 2.70. The van der Waals surface area contributed by atoms with Gasteiger partial charge in [-0.15, -0.1) is 0 Å². The van der Waals surface area contributed by atoms with Crippen LogP contribution in [0, 0.1) is 20.8 Å². The molecule has 0 unspecified atom stereocenters. The molecular formula is C20H21N3O5. The molecule has 1 saturated heterocycles. The molecule has 1 amide bonds. The van der Waals surface area contributed by atoms with Gasteiger partial charge in [-0.05, 0) is 52.2 Å². The lowest BCUT2D eigenvalue weighted by Crippen LogP contribution is -2.48. The lowest BCUT2D eigenvalue weighted by molar-refractivity contribution is -0.143. The molecular weight excluding hydrogens is 362 g/mol. The summed E-state index contributed by atoms with van der Waals surface area (Å²) in [6.07, 6.45) is 2.02. The van der Waals surface area contributed by atoms with Crippen molar-refractivity contribution < 1.29 is 23.6 Å². The summed E-state index contributed by atoms with van der Waals surface area (Å²) < 4.78 is 10.9. The molecule has 0 aliphatic carbocycles. The Morgan fingerprint density at radius 2 is 2.00 bits per heavy atom. The molecule has 8 heteroatoms. The van der Waals surface area contributed by atoms with Crippen molar-refractivity contribution in [2.45, 2.75) is 46.1 Å². The molecule has 28 heavy (non-hydrogen) atoms. The van der Waals surface area contributed by atoms with Gasteiger partial charge in [0.1, 0.15) is 17.6 Å². The van der Waals surface area contributed by atoms with Crippen LogP contribution in [-0.2, 0) is 4.79 Å². The molecule has 3 aromatic rings. The Kier molecular flexibility index (Phi) is 4.41. The van der Waals surface area contributed by atoms with Crippen LogP contribution < -0.4 is 0 Å². The van der Waals surface area contributed by atoms with E-state index in [0.29, 0.717) is 41.1 Å². The van der Waals surface area contributed by atoms with E-state index in [1.165, 1.54) is 4.90 Å². The Balaban J connectivity index is 1.87. The quantitative estimate of drug-likeness (QED) is 0.737. The van der Waals surface area contributed by atoms with Gasteiger partial charge in [0, 0.05) is 12.1 Å². The fourth-order valence-electron chi connectivity index (χ4n) is 3.87. The minimum atomic E-state index is -0.984. The zero-order chi connectivity index (χ0) is 20.0. The van der Waals surface area contributed by atoms with Gasteiger partial charge in [-0.2, -0.15) is 0 Å². The van der Waals surface area contributed by atoms with Crippen LogP contribution in [-0.4, -0.2) is 44.6 Å². The Bertz CT molecular complexity index is 1080. The average Bonchev–Trinajstić information content (AvgIpc) is 3.22. The van der Waals surface area contributed by atoms with Crippen molar-refractivity contribution >= 4 is 23.0 Å². The molecule has 1 fully saturated rings. The second-order valence-corrected chi connectivity index (χ2v) is 7.18. The van der Waals surface area contributed by atoms with E-state index in [2.05, 4.69) is 10.1 Å². The predicted octanol–water partition coefficient (Wildman–Crippen LogP) is 3.49.